The van der Waals surface area contributed by atoms with Crippen LogP contribution in [0.3, 0.4) is 0 Å². The maximum atomic E-state index is 13.0. The van der Waals surface area contributed by atoms with E-state index in [1.165, 1.54) is 0 Å². The van der Waals surface area contributed by atoms with Crippen molar-refractivity contribution < 1.29 is 14.4 Å². The minimum absolute atomic E-state index is 0.328. The first-order valence-corrected chi connectivity index (χ1v) is 11.0. The van der Waals surface area contributed by atoms with Gasteiger partial charge in [0.25, 0.3) is 5.91 Å². The van der Waals surface area contributed by atoms with Gasteiger partial charge in [0, 0.05) is 5.69 Å². The van der Waals surface area contributed by atoms with Crippen LogP contribution >= 0.6 is 0 Å². The third-order valence-corrected chi connectivity index (χ3v) is 5.93. The van der Waals surface area contributed by atoms with E-state index in [0.717, 1.165) is 21.6 Å². The SMILES string of the molecule is CC1(CCc2ccccc2)NC(=O)N(CC(=O)Nc2ccccc2Cc2ccccc2)C1=O. The van der Waals surface area contributed by atoms with Crippen molar-refractivity contribution in [3.8, 4) is 0 Å². The number of anilines is 1. The molecule has 1 aliphatic heterocycles. The summed E-state index contributed by atoms with van der Waals surface area (Å²) in [6.45, 7) is 1.38. The normalized spacial score (nSPS) is 17.7. The Labute approximate surface area is 193 Å². The van der Waals surface area contributed by atoms with Crippen molar-refractivity contribution in [3.63, 3.8) is 0 Å². The molecule has 6 nitrogen and oxygen atoms in total. The number of amides is 4. The van der Waals surface area contributed by atoms with Gasteiger partial charge < -0.3 is 10.6 Å². The number of benzene rings is 3. The van der Waals surface area contributed by atoms with E-state index in [-0.39, 0.29) is 12.5 Å². The van der Waals surface area contributed by atoms with Crippen LogP contribution < -0.4 is 10.6 Å². The number of imide groups is 1. The van der Waals surface area contributed by atoms with Crippen molar-refractivity contribution in [2.24, 2.45) is 0 Å². The quantitative estimate of drug-likeness (QED) is 0.515. The van der Waals surface area contributed by atoms with Crippen LogP contribution in [0.15, 0.2) is 84.9 Å². The molecule has 0 saturated carbocycles. The van der Waals surface area contributed by atoms with E-state index in [1.807, 2.05) is 84.9 Å². The van der Waals surface area contributed by atoms with Gasteiger partial charge in [0.05, 0.1) is 0 Å². The molecule has 1 aliphatic rings. The van der Waals surface area contributed by atoms with Crippen LogP contribution in [0.1, 0.15) is 30.0 Å². The van der Waals surface area contributed by atoms with Crippen molar-refractivity contribution >= 4 is 23.5 Å². The van der Waals surface area contributed by atoms with E-state index >= 15 is 0 Å². The maximum Gasteiger partial charge on any atom is 0.325 e. The Balaban J connectivity index is 1.40. The van der Waals surface area contributed by atoms with Gasteiger partial charge in [-0.1, -0.05) is 78.9 Å². The summed E-state index contributed by atoms with van der Waals surface area (Å²) in [5.41, 5.74) is 2.82. The predicted molar refractivity (Wildman–Crippen MR) is 128 cm³/mol. The van der Waals surface area contributed by atoms with Gasteiger partial charge in [-0.3, -0.25) is 14.5 Å². The molecule has 6 heteroatoms. The highest BCUT2D eigenvalue weighted by Gasteiger charge is 2.47. The summed E-state index contributed by atoms with van der Waals surface area (Å²) in [5, 5.41) is 5.64. The zero-order chi connectivity index (χ0) is 23.3. The van der Waals surface area contributed by atoms with Crippen molar-refractivity contribution in [1.29, 1.82) is 0 Å². The molecule has 0 aromatic heterocycles. The average Bonchev–Trinajstić information content (AvgIpc) is 3.03. The van der Waals surface area contributed by atoms with E-state index in [2.05, 4.69) is 10.6 Å². The van der Waals surface area contributed by atoms with Gasteiger partial charge in [-0.2, -0.15) is 0 Å². The Hall–Kier alpha value is -3.93. The Bertz CT molecular complexity index is 1150. The molecule has 0 spiro atoms. The molecule has 1 unspecified atom stereocenters. The highest BCUT2D eigenvalue weighted by molar-refractivity contribution is 6.10. The molecule has 168 valence electrons. The molecule has 2 N–H and O–H groups in total. The summed E-state index contributed by atoms with van der Waals surface area (Å²) < 4.78 is 0. The number of nitrogens with zero attached hydrogens (tertiary/aromatic N) is 1. The Morgan fingerprint density at radius 1 is 0.879 bits per heavy atom. The molecule has 0 bridgehead atoms. The molecule has 1 saturated heterocycles. The smallest absolute Gasteiger partial charge is 0.324 e. The average molecular weight is 442 g/mol. The monoisotopic (exact) mass is 441 g/mol. The summed E-state index contributed by atoms with van der Waals surface area (Å²) in [6, 6.07) is 26.8. The molecule has 0 aliphatic carbocycles. The highest BCUT2D eigenvalue weighted by atomic mass is 16.2. The van der Waals surface area contributed by atoms with E-state index in [4.69, 9.17) is 0 Å². The van der Waals surface area contributed by atoms with E-state index in [9.17, 15) is 14.4 Å². The lowest BCUT2D eigenvalue weighted by molar-refractivity contribution is -0.133. The fourth-order valence-corrected chi connectivity index (χ4v) is 4.04. The van der Waals surface area contributed by atoms with Gasteiger partial charge in [-0.15, -0.1) is 0 Å². The lowest BCUT2D eigenvalue weighted by atomic mass is 9.93. The molecular weight excluding hydrogens is 414 g/mol. The maximum absolute atomic E-state index is 13.0. The first-order valence-electron chi connectivity index (χ1n) is 11.0. The van der Waals surface area contributed by atoms with Gasteiger partial charge in [-0.25, -0.2) is 4.79 Å². The van der Waals surface area contributed by atoms with Gasteiger partial charge in [0.15, 0.2) is 0 Å². The molecule has 3 aromatic rings. The van der Waals surface area contributed by atoms with Crippen LogP contribution in [0.4, 0.5) is 10.5 Å². The van der Waals surface area contributed by atoms with Gasteiger partial charge in [-0.05, 0) is 48.9 Å². The number of rotatable bonds is 8. The van der Waals surface area contributed by atoms with Gasteiger partial charge in [0.2, 0.25) is 5.91 Å². The van der Waals surface area contributed by atoms with Gasteiger partial charge in [0.1, 0.15) is 12.1 Å². The lowest BCUT2D eigenvalue weighted by Gasteiger charge is -2.21. The number of hydrogen-bond acceptors (Lipinski definition) is 3. The van der Waals surface area contributed by atoms with Crippen LogP contribution in [0.5, 0.6) is 0 Å². The second-order valence-corrected chi connectivity index (χ2v) is 8.51. The third-order valence-electron chi connectivity index (χ3n) is 5.93. The molecule has 1 atom stereocenters. The van der Waals surface area contributed by atoms with Crippen LogP contribution in [0.25, 0.3) is 0 Å². The number of carbonyl (C=O) groups excluding carboxylic acids is 3. The predicted octanol–water partition coefficient (Wildman–Crippen LogP) is 4.16. The summed E-state index contributed by atoms with van der Waals surface area (Å²) in [4.78, 5) is 39.3. The van der Waals surface area contributed by atoms with Crippen LogP contribution in [0.2, 0.25) is 0 Å². The summed E-state index contributed by atoms with van der Waals surface area (Å²) in [5.74, 6) is -0.789. The van der Waals surface area contributed by atoms with Crippen molar-refractivity contribution in [3.05, 3.63) is 102 Å². The zero-order valence-corrected chi connectivity index (χ0v) is 18.6. The number of carbonyl (C=O) groups is 3. The first kappa shape index (κ1) is 22.3. The summed E-state index contributed by atoms with van der Waals surface area (Å²) in [7, 11) is 0. The number of para-hydroxylation sites is 1. The zero-order valence-electron chi connectivity index (χ0n) is 18.6. The summed E-state index contributed by atoms with van der Waals surface area (Å²) >= 11 is 0. The fraction of sp³-hybridized carbons (Fsp3) is 0.222. The van der Waals surface area contributed by atoms with E-state index < -0.39 is 17.5 Å². The molecule has 1 fully saturated rings. The minimum Gasteiger partial charge on any atom is -0.324 e. The standard InChI is InChI=1S/C27H27N3O3/c1-27(17-16-20-10-4-2-5-11-20)25(32)30(26(33)29-27)19-24(31)28-23-15-9-8-14-22(23)18-21-12-6-3-7-13-21/h2-15H,16-19H2,1H3,(H,28,31)(H,29,33). The minimum atomic E-state index is -1.03. The molecule has 33 heavy (non-hydrogen) atoms. The largest absolute Gasteiger partial charge is 0.325 e. The molecule has 1 heterocycles. The van der Waals surface area contributed by atoms with Gasteiger partial charge >= 0.3 is 6.03 Å². The van der Waals surface area contributed by atoms with Crippen molar-refractivity contribution in [2.45, 2.75) is 31.7 Å². The highest BCUT2D eigenvalue weighted by Crippen LogP contribution is 2.24. The van der Waals surface area contributed by atoms with Crippen LogP contribution in [-0.4, -0.2) is 34.8 Å². The molecule has 0 radical (unpaired) electrons. The fourth-order valence-electron chi connectivity index (χ4n) is 4.04. The molecule has 3 aromatic carbocycles. The van der Waals surface area contributed by atoms with Crippen molar-refractivity contribution in [1.82, 2.24) is 10.2 Å². The number of nitrogens with one attached hydrogen (secondary N) is 2. The Morgan fingerprint density at radius 3 is 2.18 bits per heavy atom. The van der Waals surface area contributed by atoms with E-state index in [1.54, 1.807) is 6.92 Å². The second kappa shape index (κ2) is 9.69. The topological polar surface area (TPSA) is 78.5 Å². The first-order chi connectivity index (χ1) is 15.9. The Kier molecular flexibility index (Phi) is 6.54. The second-order valence-electron chi connectivity index (χ2n) is 8.51. The molecule has 4 amide bonds. The summed E-state index contributed by atoms with van der Waals surface area (Å²) in [6.07, 6.45) is 1.77. The number of aryl methyl sites for hydroxylation is 1. The van der Waals surface area contributed by atoms with Crippen LogP contribution in [-0.2, 0) is 22.4 Å². The number of urea groups is 1. The van der Waals surface area contributed by atoms with Crippen molar-refractivity contribution in [2.75, 3.05) is 11.9 Å². The third kappa shape index (κ3) is 5.29. The molecule has 4 rings (SSSR count). The van der Waals surface area contributed by atoms with Crippen LogP contribution in [0, 0.1) is 0 Å². The Morgan fingerprint density at radius 2 is 1.48 bits per heavy atom. The van der Waals surface area contributed by atoms with E-state index in [0.29, 0.717) is 24.9 Å². The number of hydrogen-bond donors (Lipinski definition) is 2. The lowest BCUT2D eigenvalue weighted by Crippen LogP contribution is -2.45. The molecular formula is C27H27N3O3.